The van der Waals surface area contributed by atoms with Crippen LogP contribution in [-0.4, -0.2) is 49.3 Å². The van der Waals surface area contributed by atoms with Gasteiger partial charge in [-0.3, -0.25) is 0 Å². The zero-order chi connectivity index (χ0) is 11.3. The minimum atomic E-state index is 0.240. The van der Waals surface area contributed by atoms with Crippen molar-refractivity contribution in [3.05, 3.63) is 0 Å². The van der Waals surface area contributed by atoms with Crippen LogP contribution in [0.3, 0.4) is 0 Å². The van der Waals surface area contributed by atoms with Crippen molar-refractivity contribution in [2.45, 2.75) is 32.7 Å². The fraction of sp³-hybridized carbons (Fsp3) is 1.00. The van der Waals surface area contributed by atoms with E-state index in [-0.39, 0.29) is 12.6 Å². The molecule has 0 saturated heterocycles. The Bertz CT molecular complexity index is 175. The van der Waals surface area contributed by atoms with Crippen LogP contribution < -0.4 is 5.32 Å². The average Bonchev–Trinajstić information content (AvgIpc) is 2.88. The summed E-state index contributed by atoms with van der Waals surface area (Å²) in [7, 11) is 2.15. The number of aliphatic hydroxyl groups is 1. The van der Waals surface area contributed by atoms with Crippen molar-refractivity contribution >= 4 is 0 Å². The van der Waals surface area contributed by atoms with Crippen molar-refractivity contribution in [3.8, 4) is 0 Å². The summed E-state index contributed by atoms with van der Waals surface area (Å²) in [5, 5.41) is 12.6. The van der Waals surface area contributed by atoms with Gasteiger partial charge in [0.25, 0.3) is 0 Å². The average molecular weight is 214 g/mol. The summed E-state index contributed by atoms with van der Waals surface area (Å²) >= 11 is 0. The van der Waals surface area contributed by atoms with E-state index in [1.807, 2.05) is 0 Å². The highest BCUT2D eigenvalue weighted by Gasteiger charge is 2.33. The van der Waals surface area contributed by atoms with Crippen LogP contribution in [0, 0.1) is 11.8 Å². The summed E-state index contributed by atoms with van der Waals surface area (Å²) < 4.78 is 0. The van der Waals surface area contributed by atoms with Crippen LogP contribution in [0.5, 0.6) is 0 Å². The van der Waals surface area contributed by atoms with Gasteiger partial charge in [0.1, 0.15) is 0 Å². The van der Waals surface area contributed by atoms with Crippen molar-refractivity contribution in [2.24, 2.45) is 11.8 Å². The molecule has 1 aliphatic carbocycles. The van der Waals surface area contributed by atoms with E-state index in [0.29, 0.717) is 0 Å². The van der Waals surface area contributed by atoms with Crippen LogP contribution >= 0.6 is 0 Å². The fourth-order valence-corrected chi connectivity index (χ4v) is 2.04. The number of hydrogen-bond acceptors (Lipinski definition) is 3. The van der Waals surface area contributed by atoms with Crippen molar-refractivity contribution in [1.29, 1.82) is 0 Å². The third-order valence-electron chi connectivity index (χ3n) is 3.26. The maximum atomic E-state index is 9.21. The molecule has 0 aliphatic heterocycles. The molecule has 2 N–H and O–H groups in total. The first kappa shape index (κ1) is 12.9. The van der Waals surface area contributed by atoms with Gasteiger partial charge in [0.05, 0.1) is 6.61 Å². The van der Waals surface area contributed by atoms with Crippen molar-refractivity contribution in [1.82, 2.24) is 10.2 Å². The summed E-state index contributed by atoms with van der Waals surface area (Å²) in [5.41, 5.74) is 0. The van der Waals surface area contributed by atoms with E-state index in [0.717, 1.165) is 31.3 Å². The normalized spacial score (nSPS) is 27.0. The fourth-order valence-electron chi connectivity index (χ4n) is 2.04. The van der Waals surface area contributed by atoms with Gasteiger partial charge in [0, 0.05) is 19.1 Å². The Balaban J connectivity index is 2.12. The zero-order valence-corrected chi connectivity index (χ0v) is 10.4. The first-order valence-corrected chi connectivity index (χ1v) is 6.20. The van der Waals surface area contributed by atoms with Crippen LogP contribution in [0.15, 0.2) is 0 Å². The smallest absolute Gasteiger partial charge is 0.0597 e. The molecule has 0 bridgehead atoms. The second-order valence-electron chi connectivity index (χ2n) is 5.03. The highest BCUT2D eigenvalue weighted by Crippen LogP contribution is 2.37. The van der Waals surface area contributed by atoms with Gasteiger partial charge in [0.2, 0.25) is 0 Å². The molecule has 3 nitrogen and oxygen atoms in total. The predicted octanol–water partition coefficient (Wildman–Crippen LogP) is 0.935. The van der Waals surface area contributed by atoms with E-state index in [2.05, 4.69) is 31.1 Å². The molecular weight excluding hydrogens is 188 g/mol. The van der Waals surface area contributed by atoms with Crippen molar-refractivity contribution in [2.75, 3.05) is 33.3 Å². The lowest BCUT2D eigenvalue weighted by Crippen LogP contribution is -2.43. The van der Waals surface area contributed by atoms with E-state index in [1.165, 1.54) is 13.0 Å². The highest BCUT2D eigenvalue weighted by molar-refractivity contribution is 4.85. The Morgan fingerprint density at radius 3 is 2.67 bits per heavy atom. The topological polar surface area (TPSA) is 35.5 Å². The van der Waals surface area contributed by atoms with Gasteiger partial charge in [-0.15, -0.1) is 0 Å². The quantitative estimate of drug-likeness (QED) is 0.631. The largest absolute Gasteiger partial charge is 0.395 e. The van der Waals surface area contributed by atoms with Crippen LogP contribution in [0.1, 0.15) is 26.7 Å². The van der Waals surface area contributed by atoms with E-state index in [4.69, 9.17) is 0 Å². The van der Waals surface area contributed by atoms with Gasteiger partial charge in [0.15, 0.2) is 0 Å². The third-order valence-corrected chi connectivity index (χ3v) is 3.26. The molecule has 1 saturated carbocycles. The van der Waals surface area contributed by atoms with E-state index in [9.17, 15) is 5.11 Å². The molecule has 90 valence electrons. The first-order chi connectivity index (χ1) is 7.17. The number of nitrogens with one attached hydrogen (secondary N) is 1. The molecule has 1 aliphatic rings. The second-order valence-corrected chi connectivity index (χ2v) is 5.03. The highest BCUT2D eigenvalue weighted by atomic mass is 16.3. The van der Waals surface area contributed by atoms with E-state index >= 15 is 0 Å². The van der Waals surface area contributed by atoms with Crippen molar-refractivity contribution < 1.29 is 5.11 Å². The van der Waals surface area contributed by atoms with Gasteiger partial charge in [-0.1, -0.05) is 13.8 Å². The van der Waals surface area contributed by atoms with Crippen LogP contribution in [-0.2, 0) is 0 Å². The minimum Gasteiger partial charge on any atom is -0.395 e. The Morgan fingerprint density at radius 2 is 2.20 bits per heavy atom. The maximum Gasteiger partial charge on any atom is 0.0597 e. The summed E-state index contributed by atoms with van der Waals surface area (Å²) in [6.45, 7) is 7.85. The molecule has 0 heterocycles. The van der Waals surface area contributed by atoms with E-state index < -0.39 is 0 Å². The number of nitrogens with zero attached hydrogens (tertiary/aromatic N) is 1. The molecule has 0 radical (unpaired) electrons. The summed E-state index contributed by atoms with van der Waals surface area (Å²) in [6, 6.07) is 0.240. The van der Waals surface area contributed by atoms with Crippen LogP contribution in [0.25, 0.3) is 0 Å². The lowest BCUT2D eigenvalue weighted by molar-refractivity contribution is 0.195. The number of hydrogen-bond donors (Lipinski definition) is 2. The van der Waals surface area contributed by atoms with E-state index in [1.54, 1.807) is 0 Å². The zero-order valence-electron chi connectivity index (χ0n) is 10.4. The van der Waals surface area contributed by atoms with Gasteiger partial charge in [-0.2, -0.15) is 0 Å². The number of aliphatic hydroxyl groups excluding tert-OH is 1. The Morgan fingerprint density at radius 1 is 1.53 bits per heavy atom. The molecule has 1 rings (SSSR count). The van der Waals surface area contributed by atoms with Crippen molar-refractivity contribution in [3.63, 3.8) is 0 Å². The molecule has 0 aromatic rings. The monoisotopic (exact) mass is 214 g/mol. The van der Waals surface area contributed by atoms with Gasteiger partial charge in [-0.25, -0.2) is 0 Å². The molecule has 1 fully saturated rings. The summed E-state index contributed by atoms with van der Waals surface area (Å²) in [4.78, 5) is 2.34. The molecule has 15 heavy (non-hydrogen) atoms. The van der Waals surface area contributed by atoms with Crippen LogP contribution in [0.2, 0.25) is 0 Å². The molecule has 0 aromatic heterocycles. The lowest BCUT2D eigenvalue weighted by atomic mass is 10.2. The van der Waals surface area contributed by atoms with Crippen LogP contribution in [0.4, 0.5) is 0 Å². The maximum absolute atomic E-state index is 9.21. The Kier molecular flexibility index (Phi) is 5.58. The van der Waals surface area contributed by atoms with Gasteiger partial charge in [-0.05, 0) is 38.3 Å². The standard InChI is InChI=1S/C12H26N2O/c1-4-5-13-12(9-15)8-14(3)7-11-6-10(11)2/h10-13,15H,4-9H2,1-3H3. The molecule has 3 unspecified atom stereocenters. The molecule has 0 aromatic carbocycles. The SMILES string of the molecule is CCCNC(CO)CN(C)CC1CC1C. The minimum absolute atomic E-state index is 0.240. The molecule has 0 spiro atoms. The predicted molar refractivity (Wildman–Crippen MR) is 63.9 cm³/mol. The lowest BCUT2D eigenvalue weighted by Gasteiger charge is -2.23. The number of rotatable bonds is 8. The summed E-state index contributed by atoms with van der Waals surface area (Å²) in [5.74, 6) is 1.82. The first-order valence-electron chi connectivity index (χ1n) is 6.20. The molecule has 0 amide bonds. The molecule has 3 atom stereocenters. The third kappa shape index (κ3) is 4.96. The Hall–Kier alpha value is -0.120. The Labute approximate surface area is 93.9 Å². The summed E-state index contributed by atoms with van der Waals surface area (Å²) in [6.07, 6.45) is 2.51. The molecule has 3 heteroatoms. The molecular formula is C12H26N2O. The second kappa shape index (κ2) is 6.46. The number of likely N-dealkylation sites (N-methyl/N-ethyl adjacent to an activating group) is 1. The van der Waals surface area contributed by atoms with Gasteiger partial charge >= 0.3 is 0 Å². The van der Waals surface area contributed by atoms with Gasteiger partial charge < -0.3 is 15.3 Å².